The summed E-state index contributed by atoms with van der Waals surface area (Å²) in [6.07, 6.45) is 5.82. The van der Waals surface area contributed by atoms with E-state index < -0.39 is 10.9 Å². The van der Waals surface area contributed by atoms with Gasteiger partial charge in [-0.05, 0) is 25.0 Å². The summed E-state index contributed by atoms with van der Waals surface area (Å²) >= 11 is 0. The number of nitrogens with zero attached hydrogens (tertiary/aromatic N) is 3. The van der Waals surface area contributed by atoms with Gasteiger partial charge in [0.25, 0.3) is 5.69 Å². The third kappa shape index (κ3) is 2.49. The number of esters is 1. The normalized spacial score (nSPS) is 14.0. The van der Waals surface area contributed by atoms with E-state index in [0.717, 1.165) is 18.5 Å². The highest BCUT2D eigenvalue weighted by atomic mass is 16.6. The molecule has 7 heteroatoms. The lowest BCUT2D eigenvalue weighted by atomic mass is 10.1. The van der Waals surface area contributed by atoms with Crippen LogP contribution in [-0.2, 0) is 4.74 Å². The Labute approximate surface area is 120 Å². The van der Waals surface area contributed by atoms with Crippen molar-refractivity contribution in [3.8, 4) is 5.69 Å². The molecule has 0 amide bonds. The molecule has 0 aliphatic heterocycles. The minimum absolute atomic E-state index is 0.0679. The first-order valence-electron chi connectivity index (χ1n) is 6.51. The number of carbonyl (C=O) groups excluding carboxylic acids is 1. The van der Waals surface area contributed by atoms with Crippen LogP contribution in [0.25, 0.3) is 5.69 Å². The summed E-state index contributed by atoms with van der Waals surface area (Å²) in [6, 6.07) is 4.34. The van der Waals surface area contributed by atoms with Crippen molar-refractivity contribution in [2.24, 2.45) is 0 Å². The number of hydrogen-bond donors (Lipinski definition) is 0. The largest absolute Gasteiger partial charge is 0.465 e. The molecule has 0 unspecified atom stereocenters. The molecule has 0 atom stereocenters. The van der Waals surface area contributed by atoms with E-state index in [0.29, 0.717) is 11.6 Å². The Balaban J connectivity index is 2.02. The number of carbonyl (C=O) groups is 1. The molecule has 0 N–H and O–H groups in total. The molecule has 0 radical (unpaired) electrons. The van der Waals surface area contributed by atoms with Crippen molar-refractivity contribution < 1.29 is 14.5 Å². The van der Waals surface area contributed by atoms with Gasteiger partial charge in [-0.3, -0.25) is 10.1 Å². The Morgan fingerprint density at radius 3 is 2.86 bits per heavy atom. The summed E-state index contributed by atoms with van der Waals surface area (Å²) in [5.74, 6) is -0.213. The van der Waals surface area contributed by atoms with Crippen molar-refractivity contribution in [2.45, 2.75) is 18.8 Å². The minimum atomic E-state index is -0.730. The van der Waals surface area contributed by atoms with Crippen molar-refractivity contribution in [1.29, 1.82) is 0 Å². The van der Waals surface area contributed by atoms with Gasteiger partial charge in [0.2, 0.25) is 0 Å². The van der Waals surface area contributed by atoms with Gasteiger partial charge in [-0.1, -0.05) is 0 Å². The molecule has 1 heterocycles. The quantitative estimate of drug-likeness (QED) is 0.489. The van der Waals surface area contributed by atoms with Gasteiger partial charge in [0, 0.05) is 23.9 Å². The van der Waals surface area contributed by atoms with Crippen LogP contribution in [-0.4, -0.2) is 27.6 Å². The molecule has 0 bridgehead atoms. The SMILES string of the molecule is COC(=O)c1cc(-n2cnc(C3CC3)c2)ccc1[N+](=O)[O-]. The van der Waals surface area contributed by atoms with Crippen LogP contribution in [0.15, 0.2) is 30.7 Å². The Morgan fingerprint density at radius 2 is 2.24 bits per heavy atom. The highest BCUT2D eigenvalue weighted by Gasteiger charge is 2.26. The second-order valence-electron chi connectivity index (χ2n) is 4.93. The van der Waals surface area contributed by atoms with Gasteiger partial charge in [0.05, 0.1) is 24.1 Å². The fourth-order valence-electron chi connectivity index (χ4n) is 2.19. The van der Waals surface area contributed by atoms with E-state index in [2.05, 4.69) is 9.72 Å². The average molecular weight is 287 g/mol. The first kappa shape index (κ1) is 13.3. The van der Waals surface area contributed by atoms with Gasteiger partial charge < -0.3 is 9.30 Å². The van der Waals surface area contributed by atoms with E-state index in [9.17, 15) is 14.9 Å². The van der Waals surface area contributed by atoms with Crippen LogP contribution in [0, 0.1) is 10.1 Å². The maximum absolute atomic E-state index is 11.7. The molecule has 1 saturated carbocycles. The molecule has 3 rings (SSSR count). The molecule has 21 heavy (non-hydrogen) atoms. The average Bonchev–Trinajstić information content (AvgIpc) is 3.23. The Morgan fingerprint density at radius 1 is 1.48 bits per heavy atom. The number of aromatic nitrogens is 2. The second-order valence-corrected chi connectivity index (χ2v) is 4.93. The number of hydrogen-bond acceptors (Lipinski definition) is 5. The number of methoxy groups -OCH3 is 1. The van der Waals surface area contributed by atoms with Crippen LogP contribution in [0.2, 0.25) is 0 Å². The number of nitro benzene ring substituents is 1. The van der Waals surface area contributed by atoms with E-state index in [1.807, 2.05) is 6.20 Å². The van der Waals surface area contributed by atoms with Crippen LogP contribution < -0.4 is 0 Å². The molecule has 2 aromatic rings. The summed E-state index contributed by atoms with van der Waals surface area (Å²) in [7, 11) is 1.20. The number of rotatable bonds is 4. The first-order chi connectivity index (χ1) is 10.1. The van der Waals surface area contributed by atoms with Crippen molar-refractivity contribution >= 4 is 11.7 Å². The van der Waals surface area contributed by atoms with Crippen molar-refractivity contribution in [3.05, 3.63) is 52.1 Å². The van der Waals surface area contributed by atoms with E-state index in [-0.39, 0.29) is 11.3 Å². The molecular formula is C14H13N3O4. The molecule has 0 saturated heterocycles. The molecular weight excluding hydrogens is 274 g/mol. The van der Waals surface area contributed by atoms with Gasteiger partial charge in [-0.2, -0.15) is 0 Å². The monoisotopic (exact) mass is 287 g/mol. The molecule has 108 valence electrons. The van der Waals surface area contributed by atoms with Gasteiger partial charge >= 0.3 is 5.97 Å². The van der Waals surface area contributed by atoms with Crippen molar-refractivity contribution in [1.82, 2.24) is 9.55 Å². The number of imidazole rings is 1. The van der Waals surface area contributed by atoms with Crippen LogP contribution >= 0.6 is 0 Å². The van der Waals surface area contributed by atoms with Crippen molar-refractivity contribution in [2.75, 3.05) is 7.11 Å². The lowest BCUT2D eigenvalue weighted by molar-refractivity contribution is -0.385. The van der Waals surface area contributed by atoms with Crippen molar-refractivity contribution in [3.63, 3.8) is 0 Å². The van der Waals surface area contributed by atoms with Crippen LogP contribution in [0.4, 0.5) is 5.69 Å². The number of nitro groups is 1. The number of ether oxygens (including phenoxy) is 1. The lowest BCUT2D eigenvalue weighted by Gasteiger charge is -2.05. The van der Waals surface area contributed by atoms with E-state index >= 15 is 0 Å². The Bertz CT molecular complexity index is 719. The highest BCUT2D eigenvalue weighted by Crippen LogP contribution is 2.39. The summed E-state index contributed by atoms with van der Waals surface area (Å²) in [4.78, 5) is 26.4. The van der Waals surface area contributed by atoms with Gasteiger partial charge in [-0.25, -0.2) is 9.78 Å². The third-order valence-electron chi connectivity index (χ3n) is 3.48. The second kappa shape index (κ2) is 5.01. The molecule has 0 spiro atoms. The molecule has 1 fully saturated rings. The van der Waals surface area contributed by atoms with Crippen LogP contribution in [0.1, 0.15) is 34.8 Å². The Kier molecular flexibility index (Phi) is 3.17. The molecule has 7 nitrogen and oxygen atoms in total. The van der Waals surface area contributed by atoms with Crippen LogP contribution in [0.3, 0.4) is 0 Å². The van der Waals surface area contributed by atoms with Gasteiger partial charge in [-0.15, -0.1) is 0 Å². The zero-order chi connectivity index (χ0) is 15.0. The third-order valence-corrected chi connectivity index (χ3v) is 3.48. The fourth-order valence-corrected chi connectivity index (χ4v) is 2.19. The highest BCUT2D eigenvalue weighted by molar-refractivity contribution is 5.94. The van der Waals surface area contributed by atoms with Crippen LogP contribution in [0.5, 0.6) is 0 Å². The number of benzene rings is 1. The topological polar surface area (TPSA) is 87.3 Å². The smallest absolute Gasteiger partial charge is 0.344 e. The molecule has 1 aromatic carbocycles. The zero-order valence-corrected chi connectivity index (χ0v) is 11.4. The molecule has 1 aromatic heterocycles. The maximum Gasteiger partial charge on any atom is 0.344 e. The summed E-state index contributed by atoms with van der Waals surface area (Å²) in [5, 5.41) is 11.0. The van der Waals surface area contributed by atoms with E-state index in [4.69, 9.17) is 0 Å². The van der Waals surface area contributed by atoms with E-state index in [1.54, 1.807) is 17.0 Å². The standard InChI is InChI=1S/C14H13N3O4/c1-21-14(18)11-6-10(4-5-13(11)17(19)20)16-7-12(15-8-16)9-2-3-9/h4-9H,2-3H2,1H3. The predicted molar refractivity (Wildman–Crippen MR) is 73.5 cm³/mol. The van der Waals surface area contributed by atoms with Gasteiger partial charge in [0.1, 0.15) is 5.56 Å². The lowest BCUT2D eigenvalue weighted by Crippen LogP contribution is -2.07. The predicted octanol–water partition coefficient (Wildman–Crippen LogP) is 2.44. The summed E-state index contributed by atoms with van der Waals surface area (Å²) in [6.45, 7) is 0. The maximum atomic E-state index is 11.7. The summed E-state index contributed by atoms with van der Waals surface area (Å²) < 4.78 is 6.36. The van der Waals surface area contributed by atoms with E-state index in [1.165, 1.54) is 19.2 Å². The van der Waals surface area contributed by atoms with Gasteiger partial charge in [0.15, 0.2) is 0 Å². The minimum Gasteiger partial charge on any atom is -0.465 e. The first-order valence-corrected chi connectivity index (χ1v) is 6.51. The Hall–Kier alpha value is -2.70. The zero-order valence-electron chi connectivity index (χ0n) is 11.4. The molecule has 1 aliphatic carbocycles. The fraction of sp³-hybridized carbons (Fsp3) is 0.286. The summed E-state index contributed by atoms with van der Waals surface area (Å²) in [5.41, 5.74) is 1.31. The molecule has 1 aliphatic rings.